The summed E-state index contributed by atoms with van der Waals surface area (Å²) in [5.41, 5.74) is -1.00. The van der Waals surface area contributed by atoms with Gasteiger partial charge in [0, 0.05) is 20.6 Å². The van der Waals surface area contributed by atoms with Gasteiger partial charge in [0.15, 0.2) is 11.2 Å². The van der Waals surface area contributed by atoms with Gasteiger partial charge in [-0.2, -0.15) is 13.2 Å². The molecule has 0 spiro atoms. The molecule has 0 fully saturated rings. The van der Waals surface area contributed by atoms with Crippen LogP contribution in [0.5, 0.6) is 0 Å². The summed E-state index contributed by atoms with van der Waals surface area (Å²) < 4.78 is 41.2. The SMILES string of the molecule is Cn1cnc2c1c(=O)n(CC(=O)NCCc1ccc(C(F)(F)F)cc1)c(=O)n2C. The number of imidazole rings is 1. The van der Waals surface area contributed by atoms with E-state index in [1.54, 1.807) is 7.05 Å². The van der Waals surface area contributed by atoms with Crippen LogP contribution in [0.25, 0.3) is 11.2 Å². The van der Waals surface area contributed by atoms with Crippen LogP contribution in [0.1, 0.15) is 11.1 Å². The van der Waals surface area contributed by atoms with Gasteiger partial charge in [-0.1, -0.05) is 12.1 Å². The van der Waals surface area contributed by atoms with Crippen molar-refractivity contribution in [1.29, 1.82) is 0 Å². The van der Waals surface area contributed by atoms with Gasteiger partial charge < -0.3 is 9.88 Å². The lowest BCUT2D eigenvalue weighted by Crippen LogP contribution is -2.43. The van der Waals surface area contributed by atoms with Crippen LogP contribution in [0.3, 0.4) is 0 Å². The number of hydrogen-bond donors (Lipinski definition) is 1. The summed E-state index contributed by atoms with van der Waals surface area (Å²) in [7, 11) is 3.06. The molecule has 3 aromatic rings. The van der Waals surface area contributed by atoms with Crippen molar-refractivity contribution in [1.82, 2.24) is 24.0 Å². The van der Waals surface area contributed by atoms with Crippen molar-refractivity contribution < 1.29 is 18.0 Å². The Labute approximate surface area is 162 Å². The molecule has 2 heterocycles. The molecular weight excluding hydrogens is 391 g/mol. The normalized spacial score (nSPS) is 11.8. The van der Waals surface area contributed by atoms with Crippen molar-refractivity contribution in [3.8, 4) is 0 Å². The molecule has 1 aromatic carbocycles. The van der Waals surface area contributed by atoms with Crippen molar-refractivity contribution in [2.45, 2.75) is 19.1 Å². The van der Waals surface area contributed by atoms with Crippen molar-refractivity contribution in [2.24, 2.45) is 14.1 Å². The summed E-state index contributed by atoms with van der Waals surface area (Å²) in [6.07, 6.45) is -2.70. The van der Waals surface area contributed by atoms with Crippen molar-refractivity contribution >= 4 is 17.1 Å². The van der Waals surface area contributed by atoms with E-state index in [0.717, 1.165) is 16.7 Å². The number of benzene rings is 1. The van der Waals surface area contributed by atoms with Crippen LogP contribution in [0.15, 0.2) is 40.2 Å². The zero-order valence-corrected chi connectivity index (χ0v) is 15.7. The minimum Gasteiger partial charge on any atom is -0.354 e. The Kier molecular flexibility index (Phi) is 5.31. The summed E-state index contributed by atoms with van der Waals surface area (Å²) in [6.45, 7) is -0.327. The smallest absolute Gasteiger partial charge is 0.354 e. The molecule has 11 heteroatoms. The van der Waals surface area contributed by atoms with Gasteiger partial charge in [0.1, 0.15) is 6.54 Å². The maximum Gasteiger partial charge on any atom is 0.416 e. The third-order valence-electron chi connectivity index (χ3n) is 4.52. The molecule has 0 atom stereocenters. The van der Waals surface area contributed by atoms with Crippen LogP contribution >= 0.6 is 0 Å². The van der Waals surface area contributed by atoms with Crippen LogP contribution in [-0.2, 0) is 38.0 Å². The summed E-state index contributed by atoms with van der Waals surface area (Å²) in [5.74, 6) is -0.558. The second kappa shape index (κ2) is 7.57. The zero-order chi connectivity index (χ0) is 21.3. The molecule has 0 saturated carbocycles. The second-order valence-electron chi connectivity index (χ2n) is 6.56. The Bertz CT molecular complexity index is 1170. The van der Waals surface area contributed by atoms with Gasteiger partial charge in [0.25, 0.3) is 5.56 Å². The molecular formula is C18H18F3N5O3. The van der Waals surface area contributed by atoms with Gasteiger partial charge in [0.2, 0.25) is 5.91 Å². The van der Waals surface area contributed by atoms with Gasteiger partial charge in [0.05, 0.1) is 11.9 Å². The minimum atomic E-state index is -4.40. The molecule has 0 aliphatic rings. The summed E-state index contributed by atoms with van der Waals surface area (Å²) in [4.78, 5) is 41.1. The van der Waals surface area contributed by atoms with Crippen LogP contribution in [-0.4, -0.2) is 31.1 Å². The third-order valence-corrected chi connectivity index (χ3v) is 4.52. The number of alkyl halides is 3. The maximum absolute atomic E-state index is 12.6. The lowest BCUT2D eigenvalue weighted by atomic mass is 10.1. The van der Waals surface area contributed by atoms with Gasteiger partial charge in [-0.15, -0.1) is 0 Å². The molecule has 154 valence electrons. The fraction of sp³-hybridized carbons (Fsp3) is 0.333. The van der Waals surface area contributed by atoms with Crippen LogP contribution < -0.4 is 16.6 Å². The van der Waals surface area contributed by atoms with E-state index in [9.17, 15) is 27.6 Å². The highest BCUT2D eigenvalue weighted by atomic mass is 19.4. The molecule has 1 amide bonds. The molecule has 0 aliphatic carbocycles. The summed E-state index contributed by atoms with van der Waals surface area (Å²) in [6, 6.07) is 4.63. The lowest BCUT2D eigenvalue weighted by Gasteiger charge is -2.10. The number of rotatable bonds is 5. The molecule has 29 heavy (non-hydrogen) atoms. The topological polar surface area (TPSA) is 90.9 Å². The van der Waals surface area contributed by atoms with Gasteiger partial charge in [-0.05, 0) is 24.1 Å². The monoisotopic (exact) mass is 409 g/mol. The lowest BCUT2D eigenvalue weighted by molar-refractivity contribution is -0.137. The fourth-order valence-corrected chi connectivity index (χ4v) is 2.94. The molecule has 8 nitrogen and oxygen atoms in total. The Morgan fingerprint density at radius 1 is 1.14 bits per heavy atom. The molecule has 0 saturated heterocycles. The molecule has 0 radical (unpaired) electrons. The highest BCUT2D eigenvalue weighted by molar-refractivity contribution is 5.76. The van der Waals surface area contributed by atoms with E-state index < -0.39 is 35.4 Å². The number of hydrogen-bond acceptors (Lipinski definition) is 4. The van der Waals surface area contributed by atoms with E-state index in [1.807, 2.05) is 0 Å². The summed E-state index contributed by atoms with van der Waals surface area (Å²) in [5, 5.41) is 2.56. The highest BCUT2D eigenvalue weighted by Gasteiger charge is 2.29. The van der Waals surface area contributed by atoms with Crippen LogP contribution in [0, 0.1) is 0 Å². The van der Waals surface area contributed by atoms with Gasteiger partial charge in [-0.25, -0.2) is 14.3 Å². The zero-order valence-electron chi connectivity index (χ0n) is 15.7. The quantitative estimate of drug-likeness (QED) is 0.675. The predicted molar refractivity (Wildman–Crippen MR) is 98.4 cm³/mol. The number of aryl methyl sites for hydroxylation is 2. The van der Waals surface area contributed by atoms with Crippen molar-refractivity contribution in [2.75, 3.05) is 6.54 Å². The highest BCUT2D eigenvalue weighted by Crippen LogP contribution is 2.29. The minimum absolute atomic E-state index is 0.146. The maximum atomic E-state index is 12.6. The first-order valence-electron chi connectivity index (χ1n) is 8.63. The van der Waals surface area contributed by atoms with Gasteiger partial charge >= 0.3 is 11.9 Å². The Morgan fingerprint density at radius 2 is 1.79 bits per heavy atom. The van der Waals surface area contributed by atoms with E-state index in [2.05, 4.69) is 10.3 Å². The van der Waals surface area contributed by atoms with E-state index in [1.165, 1.54) is 34.6 Å². The summed E-state index contributed by atoms with van der Waals surface area (Å²) >= 11 is 0. The molecule has 2 aromatic heterocycles. The first kappa shape index (κ1) is 20.4. The van der Waals surface area contributed by atoms with Crippen LogP contribution in [0.2, 0.25) is 0 Å². The number of aromatic nitrogens is 4. The first-order valence-corrected chi connectivity index (χ1v) is 8.63. The predicted octanol–water partition coefficient (Wildman–Crippen LogP) is 0.811. The average Bonchev–Trinajstić information content (AvgIpc) is 3.05. The molecule has 0 bridgehead atoms. The molecule has 1 N–H and O–H groups in total. The van der Waals surface area contributed by atoms with Crippen molar-refractivity contribution in [3.05, 3.63) is 62.6 Å². The number of fused-ring (bicyclic) bond motifs is 1. The van der Waals surface area contributed by atoms with E-state index in [-0.39, 0.29) is 17.7 Å². The number of halogens is 3. The third kappa shape index (κ3) is 4.08. The van der Waals surface area contributed by atoms with E-state index in [0.29, 0.717) is 12.0 Å². The fourth-order valence-electron chi connectivity index (χ4n) is 2.94. The first-order chi connectivity index (χ1) is 13.6. The largest absolute Gasteiger partial charge is 0.416 e. The average molecular weight is 409 g/mol. The van der Waals surface area contributed by atoms with Gasteiger partial charge in [-0.3, -0.25) is 14.2 Å². The van der Waals surface area contributed by atoms with E-state index in [4.69, 9.17) is 0 Å². The molecule has 0 unspecified atom stereocenters. The Hall–Kier alpha value is -3.37. The Balaban J connectivity index is 1.67. The standard InChI is InChI=1S/C18H18F3N5O3/c1-24-10-23-15-14(24)16(28)26(17(29)25(15)2)9-13(27)22-8-7-11-3-5-12(6-4-11)18(19,20)21/h3-6,10H,7-9H2,1-2H3,(H,22,27). The number of carbonyl (C=O) groups excluding carboxylic acids is 1. The van der Waals surface area contributed by atoms with E-state index >= 15 is 0 Å². The van der Waals surface area contributed by atoms with Crippen LogP contribution in [0.4, 0.5) is 13.2 Å². The number of amides is 1. The number of carbonyl (C=O) groups is 1. The van der Waals surface area contributed by atoms with Crippen molar-refractivity contribution in [3.63, 3.8) is 0 Å². The Morgan fingerprint density at radius 3 is 2.41 bits per heavy atom. The number of nitrogens with zero attached hydrogens (tertiary/aromatic N) is 4. The molecule has 0 aliphatic heterocycles. The second-order valence-corrected chi connectivity index (χ2v) is 6.56. The molecule has 3 rings (SSSR count). The number of nitrogens with one attached hydrogen (secondary N) is 1.